The Morgan fingerprint density at radius 1 is 0.920 bits per heavy atom. The molecule has 2 amide bonds. The standard InChI is InChI=1S/C18H18N2O5/c1-19-17(22)14-10-13(24-2)7-8-15(14)20-16(21)11-5-4-6-12(9-11)18(23)25-3/h4-10H,1-3H3,(H,19,22)(H,20,21). The molecule has 0 aliphatic rings. The fraction of sp³-hybridized carbons (Fsp3) is 0.167. The van der Waals surface area contributed by atoms with Crippen molar-refractivity contribution in [1.82, 2.24) is 5.32 Å². The van der Waals surface area contributed by atoms with Crippen LogP contribution in [0.1, 0.15) is 31.1 Å². The minimum atomic E-state index is -0.537. The summed E-state index contributed by atoms with van der Waals surface area (Å²) in [4.78, 5) is 36.1. The zero-order chi connectivity index (χ0) is 18.4. The molecule has 0 aliphatic carbocycles. The Balaban J connectivity index is 2.32. The maximum absolute atomic E-state index is 12.5. The van der Waals surface area contributed by atoms with Gasteiger partial charge in [0.15, 0.2) is 0 Å². The quantitative estimate of drug-likeness (QED) is 0.812. The Morgan fingerprint density at radius 3 is 2.28 bits per heavy atom. The molecule has 0 heterocycles. The maximum atomic E-state index is 12.5. The van der Waals surface area contributed by atoms with Crippen LogP contribution in [0, 0.1) is 0 Å². The van der Waals surface area contributed by atoms with Gasteiger partial charge in [-0.25, -0.2) is 4.79 Å². The summed E-state index contributed by atoms with van der Waals surface area (Å²) in [5.74, 6) is -0.868. The molecule has 0 spiro atoms. The summed E-state index contributed by atoms with van der Waals surface area (Å²) in [5.41, 5.74) is 1.12. The van der Waals surface area contributed by atoms with Crippen LogP contribution in [0.2, 0.25) is 0 Å². The SMILES string of the molecule is CNC(=O)c1cc(OC)ccc1NC(=O)c1cccc(C(=O)OC)c1. The first-order valence-electron chi connectivity index (χ1n) is 7.40. The number of hydrogen-bond donors (Lipinski definition) is 2. The van der Waals surface area contributed by atoms with Gasteiger partial charge in [0.2, 0.25) is 0 Å². The van der Waals surface area contributed by atoms with Gasteiger partial charge in [-0.15, -0.1) is 0 Å². The van der Waals surface area contributed by atoms with Gasteiger partial charge in [-0.2, -0.15) is 0 Å². The molecular formula is C18H18N2O5. The lowest BCUT2D eigenvalue weighted by molar-refractivity contribution is 0.0600. The second-order valence-corrected chi connectivity index (χ2v) is 5.02. The van der Waals surface area contributed by atoms with Gasteiger partial charge in [0.1, 0.15) is 5.75 Å². The second kappa shape index (κ2) is 7.96. The van der Waals surface area contributed by atoms with E-state index in [9.17, 15) is 14.4 Å². The van der Waals surface area contributed by atoms with Crippen molar-refractivity contribution < 1.29 is 23.9 Å². The highest BCUT2D eigenvalue weighted by atomic mass is 16.5. The van der Waals surface area contributed by atoms with Gasteiger partial charge in [-0.1, -0.05) is 6.07 Å². The Hall–Kier alpha value is -3.35. The summed E-state index contributed by atoms with van der Waals surface area (Å²) in [7, 11) is 4.24. The molecule has 0 saturated carbocycles. The smallest absolute Gasteiger partial charge is 0.337 e. The van der Waals surface area contributed by atoms with E-state index >= 15 is 0 Å². The molecule has 2 rings (SSSR count). The molecule has 25 heavy (non-hydrogen) atoms. The molecule has 0 bridgehead atoms. The van der Waals surface area contributed by atoms with E-state index in [0.29, 0.717) is 11.4 Å². The molecule has 2 aromatic rings. The van der Waals surface area contributed by atoms with Crippen molar-refractivity contribution in [3.63, 3.8) is 0 Å². The Bertz CT molecular complexity index is 817. The van der Waals surface area contributed by atoms with Crippen molar-refractivity contribution in [2.75, 3.05) is 26.6 Å². The molecule has 0 unspecified atom stereocenters. The number of amides is 2. The number of ether oxygens (including phenoxy) is 2. The lowest BCUT2D eigenvalue weighted by Gasteiger charge is -2.12. The molecule has 2 aromatic carbocycles. The van der Waals surface area contributed by atoms with Crippen molar-refractivity contribution in [2.24, 2.45) is 0 Å². The van der Waals surface area contributed by atoms with Crippen LogP contribution in [-0.2, 0) is 4.74 Å². The number of esters is 1. The number of methoxy groups -OCH3 is 2. The van der Waals surface area contributed by atoms with Crippen LogP contribution >= 0.6 is 0 Å². The van der Waals surface area contributed by atoms with E-state index in [1.54, 1.807) is 30.3 Å². The van der Waals surface area contributed by atoms with Crippen LogP contribution in [0.15, 0.2) is 42.5 Å². The lowest BCUT2D eigenvalue weighted by Crippen LogP contribution is -2.21. The highest BCUT2D eigenvalue weighted by Gasteiger charge is 2.16. The molecule has 0 aromatic heterocycles. The molecular weight excluding hydrogens is 324 g/mol. The van der Waals surface area contributed by atoms with Crippen LogP contribution < -0.4 is 15.4 Å². The van der Waals surface area contributed by atoms with Gasteiger partial charge in [-0.05, 0) is 36.4 Å². The third-order valence-corrected chi connectivity index (χ3v) is 3.49. The molecule has 0 aliphatic heterocycles. The zero-order valence-corrected chi connectivity index (χ0v) is 14.1. The fourth-order valence-corrected chi connectivity index (χ4v) is 2.18. The van der Waals surface area contributed by atoms with Gasteiger partial charge in [0.25, 0.3) is 11.8 Å². The van der Waals surface area contributed by atoms with Gasteiger partial charge < -0.3 is 20.1 Å². The van der Waals surface area contributed by atoms with Crippen LogP contribution in [0.4, 0.5) is 5.69 Å². The number of carbonyl (C=O) groups is 3. The van der Waals surface area contributed by atoms with Crippen LogP contribution in [0.25, 0.3) is 0 Å². The number of rotatable bonds is 5. The van der Waals surface area contributed by atoms with E-state index in [4.69, 9.17) is 4.74 Å². The molecule has 2 N–H and O–H groups in total. The summed E-state index contributed by atoms with van der Waals surface area (Å²) in [6, 6.07) is 10.8. The van der Waals surface area contributed by atoms with Crippen LogP contribution in [0.3, 0.4) is 0 Å². The van der Waals surface area contributed by atoms with E-state index in [1.165, 1.54) is 33.4 Å². The predicted molar refractivity (Wildman–Crippen MR) is 92.1 cm³/mol. The summed E-state index contributed by atoms with van der Waals surface area (Å²) < 4.78 is 9.75. The predicted octanol–water partition coefficient (Wildman–Crippen LogP) is 2.09. The summed E-state index contributed by atoms with van der Waals surface area (Å²) in [5, 5.41) is 5.18. The minimum absolute atomic E-state index is 0.261. The highest BCUT2D eigenvalue weighted by Crippen LogP contribution is 2.23. The number of anilines is 1. The molecule has 0 saturated heterocycles. The second-order valence-electron chi connectivity index (χ2n) is 5.02. The maximum Gasteiger partial charge on any atom is 0.337 e. The Labute approximate surface area is 144 Å². The van der Waals surface area contributed by atoms with Crippen molar-refractivity contribution in [3.05, 3.63) is 59.2 Å². The Morgan fingerprint density at radius 2 is 1.64 bits per heavy atom. The van der Waals surface area contributed by atoms with Crippen LogP contribution in [0.5, 0.6) is 5.75 Å². The zero-order valence-electron chi connectivity index (χ0n) is 14.1. The van der Waals surface area contributed by atoms with Gasteiger partial charge in [0, 0.05) is 12.6 Å². The van der Waals surface area contributed by atoms with E-state index in [2.05, 4.69) is 15.4 Å². The largest absolute Gasteiger partial charge is 0.497 e. The monoisotopic (exact) mass is 342 g/mol. The Kier molecular flexibility index (Phi) is 5.73. The summed E-state index contributed by atoms with van der Waals surface area (Å²) in [6.45, 7) is 0. The molecule has 0 radical (unpaired) electrons. The lowest BCUT2D eigenvalue weighted by atomic mass is 10.1. The molecule has 0 fully saturated rings. The van der Waals surface area contributed by atoms with Crippen molar-refractivity contribution in [1.29, 1.82) is 0 Å². The number of carbonyl (C=O) groups excluding carboxylic acids is 3. The first kappa shape index (κ1) is 18.0. The van der Waals surface area contributed by atoms with Gasteiger partial charge in [0.05, 0.1) is 31.0 Å². The first-order valence-corrected chi connectivity index (χ1v) is 7.40. The van der Waals surface area contributed by atoms with Gasteiger partial charge >= 0.3 is 5.97 Å². The summed E-state index contributed by atoms with van der Waals surface area (Å²) in [6.07, 6.45) is 0. The molecule has 0 atom stereocenters. The van der Waals surface area contributed by atoms with Crippen molar-refractivity contribution in [2.45, 2.75) is 0 Å². The minimum Gasteiger partial charge on any atom is -0.497 e. The molecule has 7 heteroatoms. The normalized spacial score (nSPS) is 9.88. The molecule has 130 valence electrons. The fourth-order valence-electron chi connectivity index (χ4n) is 2.18. The number of hydrogen-bond acceptors (Lipinski definition) is 5. The third-order valence-electron chi connectivity index (χ3n) is 3.49. The third kappa shape index (κ3) is 4.14. The number of nitrogens with one attached hydrogen (secondary N) is 2. The first-order chi connectivity index (χ1) is 12.0. The van der Waals surface area contributed by atoms with Crippen LogP contribution in [-0.4, -0.2) is 39.1 Å². The van der Waals surface area contributed by atoms with E-state index < -0.39 is 11.9 Å². The van der Waals surface area contributed by atoms with E-state index in [-0.39, 0.29) is 22.6 Å². The van der Waals surface area contributed by atoms with Crippen molar-refractivity contribution in [3.8, 4) is 5.75 Å². The topological polar surface area (TPSA) is 93.7 Å². The average molecular weight is 342 g/mol. The highest BCUT2D eigenvalue weighted by molar-refractivity contribution is 6.09. The van der Waals surface area contributed by atoms with Gasteiger partial charge in [-0.3, -0.25) is 9.59 Å². The summed E-state index contributed by atoms with van der Waals surface area (Å²) >= 11 is 0. The molecule has 7 nitrogen and oxygen atoms in total. The van der Waals surface area contributed by atoms with E-state index in [1.807, 2.05) is 0 Å². The van der Waals surface area contributed by atoms with E-state index in [0.717, 1.165) is 0 Å². The number of benzene rings is 2. The average Bonchev–Trinajstić information content (AvgIpc) is 2.66. The van der Waals surface area contributed by atoms with Crippen molar-refractivity contribution >= 4 is 23.5 Å².